The summed E-state index contributed by atoms with van der Waals surface area (Å²) in [5.41, 5.74) is 0.464. The second-order valence-electron chi connectivity index (χ2n) is 7.64. The number of hydrogen-bond acceptors (Lipinski definition) is 6. The summed E-state index contributed by atoms with van der Waals surface area (Å²) < 4.78 is 19.1. The highest BCUT2D eigenvalue weighted by atomic mass is 79.9. The molecule has 1 atom stereocenters. The molecule has 0 unspecified atom stereocenters. The van der Waals surface area contributed by atoms with E-state index >= 15 is 0 Å². The first kappa shape index (κ1) is 20.1. The van der Waals surface area contributed by atoms with E-state index in [1.807, 2.05) is 12.1 Å². The number of hydrogen-bond donors (Lipinski definition) is 1. The van der Waals surface area contributed by atoms with E-state index in [9.17, 15) is 5.11 Å². The second-order valence-corrected chi connectivity index (χ2v) is 9.41. The Morgan fingerprint density at radius 3 is 2.07 bits per heavy atom. The normalized spacial score (nSPS) is 26.4. The van der Waals surface area contributed by atoms with E-state index in [1.165, 1.54) is 0 Å². The fraction of sp³-hybridized carbons (Fsp3) is 0.684. The lowest BCUT2D eigenvalue weighted by atomic mass is 9.76. The highest BCUT2D eigenvalue weighted by molar-refractivity contribution is 9.11. The molecule has 6 nitrogen and oxygen atoms in total. The van der Waals surface area contributed by atoms with Gasteiger partial charge in [0.15, 0.2) is 0 Å². The van der Waals surface area contributed by atoms with Gasteiger partial charge in [-0.05, 0) is 28.1 Å². The number of rotatable bonds is 4. The average molecular weight is 506 g/mol. The Balaban J connectivity index is 1.64. The molecule has 3 aliphatic heterocycles. The molecule has 0 aromatic heterocycles. The van der Waals surface area contributed by atoms with E-state index in [-0.39, 0.29) is 5.41 Å². The molecule has 3 aliphatic rings. The van der Waals surface area contributed by atoms with E-state index in [4.69, 9.17) is 14.2 Å². The van der Waals surface area contributed by atoms with Crippen molar-refractivity contribution in [2.75, 3.05) is 72.3 Å². The van der Waals surface area contributed by atoms with Gasteiger partial charge in [-0.15, -0.1) is 0 Å². The zero-order valence-electron chi connectivity index (χ0n) is 15.3. The van der Waals surface area contributed by atoms with Crippen molar-refractivity contribution in [2.24, 2.45) is 5.41 Å². The van der Waals surface area contributed by atoms with Gasteiger partial charge < -0.3 is 19.3 Å². The van der Waals surface area contributed by atoms with Gasteiger partial charge in [-0.3, -0.25) is 9.80 Å². The molecule has 4 rings (SSSR count). The lowest BCUT2D eigenvalue weighted by Crippen LogP contribution is -2.56. The van der Waals surface area contributed by atoms with Crippen LogP contribution in [0.2, 0.25) is 0 Å². The minimum absolute atomic E-state index is 0.387. The van der Waals surface area contributed by atoms with Crippen LogP contribution in [-0.2, 0) is 9.47 Å². The maximum atomic E-state index is 11.5. The average Bonchev–Trinajstić information content (AvgIpc) is 2.67. The smallest absolute Gasteiger partial charge is 0.139 e. The minimum atomic E-state index is -0.597. The molecule has 0 bridgehead atoms. The van der Waals surface area contributed by atoms with E-state index in [0.29, 0.717) is 6.61 Å². The summed E-state index contributed by atoms with van der Waals surface area (Å²) >= 11 is 7.13. The third-order valence-electron chi connectivity index (χ3n) is 5.70. The van der Waals surface area contributed by atoms with Crippen molar-refractivity contribution in [3.8, 4) is 5.75 Å². The first-order chi connectivity index (χ1) is 13.1. The molecule has 2 saturated heterocycles. The van der Waals surface area contributed by atoms with Gasteiger partial charge in [-0.25, -0.2) is 0 Å². The molecule has 1 N–H and O–H groups in total. The maximum absolute atomic E-state index is 11.5. The number of ether oxygens (including phenoxy) is 3. The fourth-order valence-electron chi connectivity index (χ4n) is 4.28. The summed E-state index contributed by atoms with van der Waals surface area (Å²) in [6, 6.07) is 3.94. The standard InChI is InChI=1S/C19H26Br2N2O4/c20-14-9-15-17(16(21)10-14)27-13-19(18(15)24,11-22-1-5-25-6-2-22)12-23-3-7-26-8-4-23/h9-10,18,24H,1-8,11-13H2/t18-/m1/s1. The van der Waals surface area contributed by atoms with Crippen LogP contribution in [0.1, 0.15) is 11.7 Å². The fourth-order valence-corrected chi connectivity index (χ4v) is 5.66. The molecule has 0 spiro atoms. The van der Waals surface area contributed by atoms with Crippen LogP contribution in [0.15, 0.2) is 21.1 Å². The summed E-state index contributed by atoms with van der Waals surface area (Å²) in [4.78, 5) is 4.79. The first-order valence-corrected chi connectivity index (χ1v) is 11.1. The topological polar surface area (TPSA) is 54.4 Å². The van der Waals surface area contributed by atoms with E-state index in [0.717, 1.165) is 86.0 Å². The Morgan fingerprint density at radius 2 is 1.52 bits per heavy atom. The van der Waals surface area contributed by atoms with E-state index in [2.05, 4.69) is 41.7 Å². The maximum Gasteiger partial charge on any atom is 0.139 e. The van der Waals surface area contributed by atoms with Crippen LogP contribution in [0.25, 0.3) is 0 Å². The summed E-state index contributed by atoms with van der Waals surface area (Å²) in [7, 11) is 0. The SMILES string of the molecule is O[C@@H]1c2cc(Br)cc(Br)c2OCC1(CN1CCOCC1)CN1CCOCC1. The van der Waals surface area contributed by atoms with Crippen LogP contribution in [0, 0.1) is 5.41 Å². The predicted molar refractivity (Wildman–Crippen MR) is 109 cm³/mol. The van der Waals surface area contributed by atoms with E-state index < -0.39 is 6.10 Å². The Kier molecular flexibility index (Phi) is 6.43. The van der Waals surface area contributed by atoms with Crippen LogP contribution in [0.3, 0.4) is 0 Å². The van der Waals surface area contributed by atoms with Crippen LogP contribution in [0.4, 0.5) is 0 Å². The van der Waals surface area contributed by atoms with Gasteiger partial charge in [-0.1, -0.05) is 15.9 Å². The number of aliphatic hydroxyl groups excluding tert-OH is 1. The van der Waals surface area contributed by atoms with Gasteiger partial charge in [0.05, 0.1) is 49.0 Å². The highest BCUT2D eigenvalue weighted by Crippen LogP contribution is 2.48. The van der Waals surface area contributed by atoms with Gasteiger partial charge in [0.2, 0.25) is 0 Å². The van der Waals surface area contributed by atoms with Crippen molar-refractivity contribution >= 4 is 31.9 Å². The molecule has 1 aromatic rings. The van der Waals surface area contributed by atoms with E-state index in [1.54, 1.807) is 0 Å². The Morgan fingerprint density at radius 1 is 0.963 bits per heavy atom. The molecule has 0 radical (unpaired) electrons. The van der Waals surface area contributed by atoms with Gasteiger partial charge in [0.25, 0.3) is 0 Å². The lowest BCUT2D eigenvalue weighted by molar-refractivity contribution is -0.0929. The van der Waals surface area contributed by atoms with Crippen molar-refractivity contribution in [3.05, 3.63) is 26.6 Å². The largest absolute Gasteiger partial charge is 0.491 e. The third-order valence-corrected chi connectivity index (χ3v) is 6.75. The zero-order chi connectivity index (χ0) is 18.9. The Bertz CT molecular complexity index is 643. The zero-order valence-corrected chi connectivity index (χ0v) is 18.5. The van der Waals surface area contributed by atoms with Crippen molar-refractivity contribution in [2.45, 2.75) is 6.10 Å². The molecule has 150 valence electrons. The van der Waals surface area contributed by atoms with Crippen molar-refractivity contribution in [1.82, 2.24) is 9.80 Å². The molecule has 8 heteroatoms. The first-order valence-electron chi connectivity index (χ1n) is 9.47. The molecule has 27 heavy (non-hydrogen) atoms. The van der Waals surface area contributed by atoms with Crippen molar-refractivity contribution < 1.29 is 19.3 Å². The number of halogens is 2. The van der Waals surface area contributed by atoms with Crippen molar-refractivity contribution in [3.63, 3.8) is 0 Å². The molecule has 0 amide bonds. The van der Waals surface area contributed by atoms with Gasteiger partial charge in [0, 0.05) is 49.3 Å². The molecule has 1 aromatic carbocycles. The summed E-state index contributed by atoms with van der Waals surface area (Å²) in [5, 5.41) is 11.5. The highest BCUT2D eigenvalue weighted by Gasteiger charge is 2.47. The molecule has 2 fully saturated rings. The summed E-state index contributed by atoms with van der Waals surface area (Å²) in [6.07, 6.45) is -0.597. The molecule has 3 heterocycles. The lowest BCUT2D eigenvalue weighted by Gasteiger charge is -2.48. The Labute approximate surface area is 177 Å². The minimum Gasteiger partial charge on any atom is -0.491 e. The van der Waals surface area contributed by atoms with Gasteiger partial charge >= 0.3 is 0 Å². The number of fused-ring (bicyclic) bond motifs is 1. The molecule has 0 aliphatic carbocycles. The molecular formula is C19H26Br2N2O4. The number of aliphatic hydroxyl groups is 1. The quantitative estimate of drug-likeness (QED) is 0.677. The summed E-state index contributed by atoms with van der Waals surface area (Å²) in [5.74, 6) is 0.755. The number of nitrogens with zero attached hydrogens (tertiary/aromatic N) is 2. The summed E-state index contributed by atoms with van der Waals surface area (Å²) in [6.45, 7) is 8.65. The molecular weight excluding hydrogens is 480 g/mol. The molecule has 0 saturated carbocycles. The van der Waals surface area contributed by atoms with Crippen LogP contribution in [0.5, 0.6) is 5.75 Å². The number of benzene rings is 1. The van der Waals surface area contributed by atoms with Gasteiger partial charge in [0.1, 0.15) is 5.75 Å². The van der Waals surface area contributed by atoms with Crippen molar-refractivity contribution in [1.29, 1.82) is 0 Å². The van der Waals surface area contributed by atoms with Gasteiger partial charge in [-0.2, -0.15) is 0 Å². The monoisotopic (exact) mass is 504 g/mol. The van der Waals surface area contributed by atoms with Crippen LogP contribution in [-0.4, -0.2) is 87.2 Å². The van der Waals surface area contributed by atoms with Crippen LogP contribution < -0.4 is 4.74 Å². The number of morpholine rings is 2. The van der Waals surface area contributed by atoms with Crippen LogP contribution >= 0.6 is 31.9 Å². The second kappa shape index (κ2) is 8.65. The third kappa shape index (κ3) is 4.37. The predicted octanol–water partition coefficient (Wildman–Crippen LogP) is 2.29. The Hall–Kier alpha value is -0.220.